The molecule has 0 aliphatic carbocycles. The minimum Gasteiger partial charge on any atom is -0.366 e. The predicted octanol–water partition coefficient (Wildman–Crippen LogP) is 1.15. The molecule has 1 rings (SSSR count). The summed E-state index contributed by atoms with van der Waals surface area (Å²) in [5, 5.41) is 0. The summed E-state index contributed by atoms with van der Waals surface area (Å²) in [6.07, 6.45) is 4.22. The monoisotopic (exact) mass is 188 g/mol. The lowest BCUT2D eigenvalue weighted by Gasteiger charge is -1.93. The smallest absolute Gasteiger partial charge is 0.241 e. The number of primary amides is 1. The van der Waals surface area contributed by atoms with Crippen LogP contribution in [0.1, 0.15) is 5.56 Å². The number of carbonyl (C=O) groups is 1. The van der Waals surface area contributed by atoms with Crippen LogP contribution in [0.15, 0.2) is 35.3 Å². The molecule has 1 aromatic rings. The third-order valence-corrected chi connectivity index (χ3v) is 1.49. The minimum atomic E-state index is -0.519. The lowest BCUT2D eigenvalue weighted by atomic mass is 10.2. The van der Waals surface area contributed by atoms with Gasteiger partial charge in [0.2, 0.25) is 12.0 Å². The summed E-state index contributed by atoms with van der Waals surface area (Å²) >= 11 is 0. The van der Waals surface area contributed by atoms with Crippen LogP contribution in [-0.4, -0.2) is 12.0 Å². The Morgan fingerprint density at radius 2 is 2.29 bits per heavy atom. The molecule has 0 spiro atoms. The second-order valence-electron chi connectivity index (χ2n) is 2.53. The van der Waals surface area contributed by atoms with Crippen LogP contribution in [0, 0.1) is 0 Å². The van der Waals surface area contributed by atoms with Crippen molar-refractivity contribution in [1.29, 1.82) is 0 Å². The summed E-state index contributed by atoms with van der Waals surface area (Å²) in [6, 6.07) is 6.79. The molecule has 0 saturated heterocycles. The van der Waals surface area contributed by atoms with Gasteiger partial charge >= 0.3 is 0 Å². The Morgan fingerprint density at radius 1 is 1.50 bits per heavy atom. The Kier molecular flexibility index (Phi) is 3.35. The van der Waals surface area contributed by atoms with E-state index in [2.05, 4.69) is 4.99 Å². The van der Waals surface area contributed by atoms with E-state index in [9.17, 15) is 9.59 Å². The second-order valence-corrected chi connectivity index (χ2v) is 2.53. The van der Waals surface area contributed by atoms with Crippen LogP contribution in [0.4, 0.5) is 5.69 Å². The molecular formula is C10H8N2O2. The zero-order valence-corrected chi connectivity index (χ0v) is 7.31. The summed E-state index contributed by atoms with van der Waals surface area (Å²) in [5.74, 6) is -0.519. The third-order valence-electron chi connectivity index (χ3n) is 1.49. The molecule has 0 unspecified atom stereocenters. The van der Waals surface area contributed by atoms with E-state index >= 15 is 0 Å². The molecule has 0 saturated carbocycles. The number of aliphatic imine (C=N–C) groups is 1. The zero-order chi connectivity index (χ0) is 10.4. The van der Waals surface area contributed by atoms with Crippen LogP contribution >= 0.6 is 0 Å². The SMILES string of the molecule is NC(=O)C=Cc1cccc(N=C=O)c1. The van der Waals surface area contributed by atoms with Crippen molar-refractivity contribution in [2.24, 2.45) is 10.7 Å². The lowest BCUT2D eigenvalue weighted by molar-refractivity contribution is -0.113. The maximum Gasteiger partial charge on any atom is 0.241 e. The minimum absolute atomic E-state index is 0.492. The Morgan fingerprint density at radius 3 is 2.93 bits per heavy atom. The van der Waals surface area contributed by atoms with Gasteiger partial charge in [0.15, 0.2) is 0 Å². The lowest BCUT2D eigenvalue weighted by Crippen LogP contribution is -2.04. The summed E-state index contributed by atoms with van der Waals surface area (Å²) in [7, 11) is 0. The average Bonchev–Trinajstić information content (AvgIpc) is 2.16. The van der Waals surface area contributed by atoms with E-state index in [4.69, 9.17) is 5.73 Å². The highest BCUT2D eigenvalue weighted by Gasteiger charge is 1.91. The van der Waals surface area contributed by atoms with E-state index in [1.165, 1.54) is 12.2 Å². The van der Waals surface area contributed by atoms with Gasteiger partial charge in [0.05, 0.1) is 5.69 Å². The van der Waals surface area contributed by atoms with E-state index in [1.807, 2.05) is 0 Å². The first-order chi connectivity index (χ1) is 6.72. The summed E-state index contributed by atoms with van der Waals surface area (Å²) in [6.45, 7) is 0. The standard InChI is InChI=1S/C10H8N2O2/c11-10(14)5-4-8-2-1-3-9(6-8)12-7-13/h1-6H,(H2,11,14). The van der Waals surface area contributed by atoms with Crippen molar-refractivity contribution in [3.05, 3.63) is 35.9 Å². The van der Waals surface area contributed by atoms with E-state index in [0.29, 0.717) is 5.69 Å². The fourth-order valence-electron chi connectivity index (χ4n) is 0.929. The van der Waals surface area contributed by atoms with Gasteiger partial charge < -0.3 is 5.73 Å². The van der Waals surface area contributed by atoms with Gasteiger partial charge in [-0.25, -0.2) is 4.79 Å². The summed E-state index contributed by atoms with van der Waals surface area (Å²) < 4.78 is 0. The van der Waals surface area contributed by atoms with Gasteiger partial charge in [-0.15, -0.1) is 0 Å². The largest absolute Gasteiger partial charge is 0.366 e. The maximum atomic E-state index is 10.4. The number of benzene rings is 1. The molecular weight excluding hydrogens is 180 g/mol. The molecule has 70 valence electrons. The van der Waals surface area contributed by atoms with Crippen molar-refractivity contribution in [3.8, 4) is 0 Å². The molecule has 0 aliphatic heterocycles. The number of rotatable bonds is 3. The Labute approximate surface area is 80.8 Å². The molecule has 0 atom stereocenters. The third kappa shape index (κ3) is 3.05. The van der Waals surface area contributed by atoms with Gasteiger partial charge in [-0.05, 0) is 23.8 Å². The predicted molar refractivity (Wildman–Crippen MR) is 52.5 cm³/mol. The molecule has 0 radical (unpaired) electrons. The van der Waals surface area contributed by atoms with Crippen LogP contribution in [0.3, 0.4) is 0 Å². The van der Waals surface area contributed by atoms with Crippen molar-refractivity contribution in [1.82, 2.24) is 0 Å². The molecule has 14 heavy (non-hydrogen) atoms. The van der Waals surface area contributed by atoms with Gasteiger partial charge in [-0.1, -0.05) is 12.1 Å². The number of carbonyl (C=O) groups excluding carboxylic acids is 2. The van der Waals surface area contributed by atoms with E-state index in [0.717, 1.165) is 5.56 Å². The van der Waals surface area contributed by atoms with E-state index < -0.39 is 5.91 Å². The quantitative estimate of drug-likeness (QED) is 0.439. The molecule has 4 nitrogen and oxygen atoms in total. The highest BCUT2D eigenvalue weighted by molar-refractivity contribution is 5.90. The van der Waals surface area contributed by atoms with E-state index in [-0.39, 0.29) is 0 Å². The first-order valence-electron chi connectivity index (χ1n) is 3.88. The maximum absolute atomic E-state index is 10.4. The van der Waals surface area contributed by atoms with Crippen LogP contribution in [0.25, 0.3) is 6.08 Å². The van der Waals surface area contributed by atoms with Crippen molar-refractivity contribution < 1.29 is 9.59 Å². The van der Waals surface area contributed by atoms with Crippen LogP contribution in [0.5, 0.6) is 0 Å². The number of isocyanates is 1. The first-order valence-corrected chi connectivity index (χ1v) is 3.88. The second kappa shape index (κ2) is 4.74. The Bertz CT molecular complexity index is 418. The van der Waals surface area contributed by atoms with Crippen molar-refractivity contribution in [2.45, 2.75) is 0 Å². The fraction of sp³-hybridized carbons (Fsp3) is 0. The molecule has 0 bridgehead atoms. The van der Waals surface area contributed by atoms with Gasteiger partial charge in [0.25, 0.3) is 0 Å². The van der Waals surface area contributed by atoms with Gasteiger partial charge in [0.1, 0.15) is 0 Å². The molecule has 4 heteroatoms. The molecule has 1 aromatic carbocycles. The summed E-state index contributed by atoms with van der Waals surface area (Å²) in [4.78, 5) is 23.8. The molecule has 0 aromatic heterocycles. The first kappa shape index (κ1) is 9.89. The number of nitrogens with zero attached hydrogens (tertiary/aromatic N) is 1. The van der Waals surface area contributed by atoms with Crippen molar-refractivity contribution >= 4 is 23.8 Å². The summed E-state index contributed by atoms with van der Waals surface area (Å²) in [5.41, 5.74) is 6.17. The average molecular weight is 188 g/mol. The Hall–Kier alpha value is -2.19. The van der Waals surface area contributed by atoms with Crippen LogP contribution < -0.4 is 5.73 Å². The molecule has 2 N–H and O–H groups in total. The molecule has 0 fully saturated rings. The Balaban J connectivity index is 2.94. The molecule has 0 heterocycles. The number of hydrogen-bond acceptors (Lipinski definition) is 3. The van der Waals surface area contributed by atoms with Crippen LogP contribution in [-0.2, 0) is 9.59 Å². The topological polar surface area (TPSA) is 72.5 Å². The molecule has 1 amide bonds. The highest BCUT2D eigenvalue weighted by atomic mass is 16.1. The number of amides is 1. The fourth-order valence-corrected chi connectivity index (χ4v) is 0.929. The van der Waals surface area contributed by atoms with Crippen LogP contribution in [0.2, 0.25) is 0 Å². The molecule has 0 aliphatic rings. The van der Waals surface area contributed by atoms with Crippen molar-refractivity contribution in [3.63, 3.8) is 0 Å². The van der Waals surface area contributed by atoms with Crippen molar-refractivity contribution in [2.75, 3.05) is 0 Å². The normalized spacial score (nSPS) is 9.71. The number of nitrogens with two attached hydrogens (primary N) is 1. The van der Waals surface area contributed by atoms with Gasteiger partial charge in [-0.3, -0.25) is 4.79 Å². The number of hydrogen-bond donors (Lipinski definition) is 1. The zero-order valence-electron chi connectivity index (χ0n) is 7.31. The highest BCUT2D eigenvalue weighted by Crippen LogP contribution is 2.14. The van der Waals surface area contributed by atoms with Gasteiger partial charge in [-0.2, -0.15) is 4.99 Å². The van der Waals surface area contributed by atoms with Gasteiger partial charge in [0, 0.05) is 6.08 Å². The van der Waals surface area contributed by atoms with E-state index in [1.54, 1.807) is 30.3 Å².